The van der Waals surface area contributed by atoms with Crippen molar-refractivity contribution in [3.63, 3.8) is 0 Å². The fourth-order valence-corrected chi connectivity index (χ4v) is 1.27. The van der Waals surface area contributed by atoms with E-state index in [2.05, 4.69) is 5.32 Å². The molecule has 82 valence electrons. The molecule has 0 aromatic rings. The lowest BCUT2D eigenvalue weighted by molar-refractivity contribution is -0.126. The quantitative estimate of drug-likeness (QED) is 0.699. The van der Waals surface area contributed by atoms with E-state index in [0.717, 1.165) is 12.8 Å². The number of aliphatic hydroxyl groups excluding tert-OH is 1. The molecule has 0 heterocycles. The molecule has 14 heavy (non-hydrogen) atoms. The van der Waals surface area contributed by atoms with Gasteiger partial charge in [0.25, 0.3) is 6.43 Å². The summed E-state index contributed by atoms with van der Waals surface area (Å²) in [6.45, 7) is 1.41. The first kappa shape index (κ1) is 11.4. The molecule has 2 atom stereocenters. The first-order valence-electron chi connectivity index (χ1n) is 4.76. The van der Waals surface area contributed by atoms with E-state index in [1.807, 2.05) is 0 Å². The molecule has 1 rings (SSSR count). The van der Waals surface area contributed by atoms with Crippen LogP contribution in [0.5, 0.6) is 0 Å². The van der Waals surface area contributed by atoms with Crippen molar-refractivity contribution in [3.05, 3.63) is 0 Å². The number of rotatable bonds is 5. The molecular weight excluding hydrogens is 192 g/mol. The summed E-state index contributed by atoms with van der Waals surface area (Å²) in [6.07, 6.45) is -2.49. The maximum atomic E-state index is 11.8. The monoisotopic (exact) mass is 207 g/mol. The number of carbonyl (C=O) groups is 1. The fourth-order valence-electron chi connectivity index (χ4n) is 1.27. The van der Waals surface area contributed by atoms with Crippen LogP contribution >= 0.6 is 0 Å². The zero-order valence-corrected chi connectivity index (χ0v) is 8.04. The lowest BCUT2D eigenvalue weighted by atomic mass is 10.1. The van der Waals surface area contributed by atoms with Crippen molar-refractivity contribution in [1.82, 2.24) is 5.32 Å². The number of halogens is 2. The third-order valence-electron chi connectivity index (χ3n) is 2.52. The van der Waals surface area contributed by atoms with E-state index < -0.39 is 12.5 Å². The Morgan fingerprint density at radius 1 is 1.57 bits per heavy atom. The number of alkyl halides is 2. The summed E-state index contributed by atoms with van der Waals surface area (Å²) < 4.78 is 23.7. The molecule has 1 amide bonds. The predicted octanol–water partition coefficient (Wildman–Crippen LogP) is 0.775. The topological polar surface area (TPSA) is 49.3 Å². The number of hydrogen-bond acceptors (Lipinski definition) is 2. The van der Waals surface area contributed by atoms with Crippen molar-refractivity contribution < 1.29 is 18.7 Å². The molecule has 2 N–H and O–H groups in total. The van der Waals surface area contributed by atoms with Crippen LogP contribution in [-0.2, 0) is 4.79 Å². The Kier molecular flexibility index (Phi) is 3.80. The summed E-state index contributed by atoms with van der Waals surface area (Å²) in [5.41, 5.74) is 0. The van der Waals surface area contributed by atoms with Crippen LogP contribution in [0.25, 0.3) is 0 Å². The van der Waals surface area contributed by atoms with E-state index >= 15 is 0 Å². The molecule has 2 unspecified atom stereocenters. The molecule has 0 bridgehead atoms. The molecule has 0 saturated heterocycles. The average molecular weight is 207 g/mol. The van der Waals surface area contributed by atoms with E-state index in [1.54, 1.807) is 6.92 Å². The lowest BCUT2D eigenvalue weighted by Gasteiger charge is -2.13. The predicted molar refractivity (Wildman–Crippen MR) is 46.9 cm³/mol. The van der Waals surface area contributed by atoms with Crippen LogP contribution in [0.1, 0.15) is 19.8 Å². The molecule has 1 aliphatic rings. The summed E-state index contributed by atoms with van der Waals surface area (Å²) in [6, 6.07) is 0. The molecule has 3 nitrogen and oxygen atoms in total. The van der Waals surface area contributed by atoms with Crippen molar-refractivity contribution in [2.24, 2.45) is 11.8 Å². The minimum atomic E-state index is -2.80. The molecule has 1 saturated carbocycles. The second kappa shape index (κ2) is 4.68. The highest BCUT2D eigenvalue weighted by atomic mass is 19.3. The number of carbonyl (C=O) groups excluding carboxylic acids is 1. The second-order valence-corrected chi connectivity index (χ2v) is 3.77. The number of hydrogen-bond donors (Lipinski definition) is 2. The average Bonchev–Trinajstić information content (AvgIpc) is 2.95. The van der Waals surface area contributed by atoms with Crippen LogP contribution in [0.4, 0.5) is 8.78 Å². The molecular formula is C9H15F2NO2. The van der Waals surface area contributed by atoms with Crippen molar-refractivity contribution in [2.45, 2.75) is 32.3 Å². The third kappa shape index (κ3) is 3.21. The SMILES string of the molecule is CC(C(=O)NCC(O)C(F)F)C1CC1. The van der Waals surface area contributed by atoms with Gasteiger partial charge < -0.3 is 10.4 Å². The van der Waals surface area contributed by atoms with Crippen molar-refractivity contribution in [2.75, 3.05) is 6.54 Å². The summed E-state index contributed by atoms with van der Waals surface area (Å²) in [5, 5.41) is 11.1. The van der Waals surface area contributed by atoms with Crippen LogP contribution < -0.4 is 5.32 Å². The smallest absolute Gasteiger partial charge is 0.265 e. The Bertz CT molecular complexity index is 207. The number of amides is 1. The van der Waals surface area contributed by atoms with Gasteiger partial charge in [-0.15, -0.1) is 0 Å². The van der Waals surface area contributed by atoms with Gasteiger partial charge in [-0.25, -0.2) is 8.78 Å². The molecule has 5 heteroatoms. The van der Waals surface area contributed by atoms with E-state index in [-0.39, 0.29) is 18.4 Å². The van der Waals surface area contributed by atoms with Gasteiger partial charge in [-0.3, -0.25) is 4.79 Å². The van der Waals surface area contributed by atoms with Gasteiger partial charge in [-0.2, -0.15) is 0 Å². The largest absolute Gasteiger partial charge is 0.385 e. The Morgan fingerprint density at radius 2 is 2.14 bits per heavy atom. The standard InChI is InChI=1S/C9H15F2NO2/c1-5(6-2-3-6)9(14)12-4-7(13)8(10)11/h5-8,13H,2-4H2,1H3,(H,12,14). The molecule has 0 spiro atoms. The molecule has 1 aliphatic carbocycles. The highest BCUT2D eigenvalue weighted by molar-refractivity contribution is 5.78. The van der Waals surface area contributed by atoms with Crippen molar-refractivity contribution >= 4 is 5.91 Å². The summed E-state index contributed by atoms with van der Waals surface area (Å²) >= 11 is 0. The zero-order valence-electron chi connectivity index (χ0n) is 8.04. The van der Waals surface area contributed by atoms with Gasteiger partial charge in [0.1, 0.15) is 6.10 Å². The minimum Gasteiger partial charge on any atom is -0.385 e. The fraction of sp³-hybridized carbons (Fsp3) is 0.889. The van der Waals surface area contributed by atoms with Crippen molar-refractivity contribution in [1.29, 1.82) is 0 Å². The Balaban J connectivity index is 2.19. The molecule has 0 aromatic carbocycles. The molecule has 0 radical (unpaired) electrons. The maximum Gasteiger partial charge on any atom is 0.265 e. The van der Waals surface area contributed by atoms with E-state index in [4.69, 9.17) is 5.11 Å². The van der Waals surface area contributed by atoms with Gasteiger partial charge in [0.05, 0.1) is 0 Å². The second-order valence-electron chi connectivity index (χ2n) is 3.77. The van der Waals surface area contributed by atoms with Gasteiger partial charge >= 0.3 is 0 Å². The summed E-state index contributed by atoms with van der Waals surface area (Å²) in [4.78, 5) is 11.3. The zero-order chi connectivity index (χ0) is 10.7. The molecule has 1 fully saturated rings. The maximum absolute atomic E-state index is 11.8. The number of aliphatic hydroxyl groups is 1. The van der Waals surface area contributed by atoms with Crippen LogP contribution in [-0.4, -0.2) is 30.1 Å². The van der Waals surface area contributed by atoms with Gasteiger partial charge in [0, 0.05) is 12.5 Å². The van der Waals surface area contributed by atoms with Crippen LogP contribution in [0, 0.1) is 11.8 Å². The lowest BCUT2D eigenvalue weighted by Crippen LogP contribution is -2.38. The molecule has 0 aliphatic heterocycles. The van der Waals surface area contributed by atoms with Crippen molar-refractivity contribution in [3.8, 4) is 0 Å². The highest BCUT2D eigenvalue weighted by Gasteiger charge is 2.32. The van der Waals surface area contributed by atoms with Gasteiger partial charge in [0.2, 0.25) is 5.91 Å². The van der Waals surface area contributed by atoms with Gasteiger partial charge in [-0.05, 0) is 18.8 Å². The van der Waals surface area contributed by atoms with Gasteiger partial charge in [0.15, 0.2) is 0 Å². The Labute approximate surface area is 81.5 Å². The first-order chi connectivity index (χ1) is 6.52. The van der Waals surface area contributed by atoms with E-state index in [0.29, 0.717) is 5.92 Å². The van der Waals surface area contributed by atoms with Gasteiger partial charge in [-0.1, -0.05) is 6.92 Å². The summed E-state index contributed by atoms with van der Waals surface area (Å²) in [7, 11) is 0. The van der Waals surface area contributed by atoms with E-state index in [1.165, 1.54) is 0 Å². The van der Waals surface area contributed by atoms with E-state index in [9.17, 15) is 13.6 Å². The first-order valence-corrected chi connectivity index (χ1v) is 4.76. The van der Waals surface area contributed by atoms with Crippen LogP contribution in [0.15, 0.2) is 0 Å². The Hall–Kier alpha value is -0.710. The minimum absolute atomic E-state index is 0.125. The van der Waals surface area contributed by atoms with Crippen LogP contribution in [0.3, 0.4) is 0 Å². The van der Waals surface area contributed by atoms with Crippen LogP contribution in [0.2, 0.25) is 0 Å². The normalized spacial score (nSPS) is 20.6. The third-order valence-corrected chi connectivity index (χ3v) is 2.52. The number of nitrogens with one attached hydrogen (secondary N) is 1. The highest BCUT2D eigenvalue weighted by Crippen LogP contribution is 2.36. The Morgan fingerprint density at radius 3 is 2.57 bits per heavy atom. The molecule has 0 aromatic heterocycles. The summed E-state index contributed by atoms with van der Waals surface area (Å²) in [5.74, 6) is 0.0331.